The third kappa shape index (κ3) is 5.30. The lowest BCUT2D eigenvalue weighted by Crippen LogP contribution is -2.51. The molecule has 1 N–H and O–H groups in total. The van der Waals surface area contributed by atoms with E-state index in [-0.39, 0.29) is 24.8 Å². The van der Waals surface area contributed by atoms with Crippen molar-refractivity contribution in [2.24, 2.45) is 0 Å². The first kappa shape index (κ1) is 25.9. The molecule has 1 unspecified atom stereocenters. The summed E-state index contributed by atoms with van der Waals surface area (Å²) < 4.78 is 1.21. The number of benzene rings is 2. The first-order valence-corrected chi connectivity index (χ1v) is 12.7. The van der Waals surface area contributed by atoms with E-state index in [0.717, 1.165) is 16.7 Å². The van der Waals surface area contributed by atoms with Crippen molar-refractivity contribution in [1.29, 1.82) is 0 Å². The molecule has 0 radical (unpaired) electrons. The second-order valence-electron chi connectivity index (χ2n) is 9.17. The number of hydrogen-bond acceptors (Lipinski definition) is 8. The van der Waals surface area contributed by atoms with Gasteiger partial charge in [0.05, 0.1) is 12.1 Å². The summed E-state index contributed by atoms with van der Waals surface area (Å²) in [4.78, 5) is 41.8. The molecule has 5 rings (SSSR count). The Morgan fingerprint density at radius 2 is 1.79 bits per heavy atom. The smallest absolute Gasteiger partial charge is 0.322 e. The van der Waals surface area contributed by atoms with Gasteiger partial charge < -0.3 is 5.11 Å². The summed E-state index contributed by atoms with van der Waals surface area (Å²) in [5.41, 5.74) is 3.65. The summed E-state index contributed by atoms with van der Waals surface area (Å²) in [5, 5.41) is 24.6. The number of tetrazole rings is 1. The highest BCUT2D eigenvalue weighted by Gasteiger charge is 2.37. The third-order valence-corrected chi connectivity index (χ3v) is 6.74. The van der Waals surface area contributed by atoms with Gasteiger partial charge in [0.15, 0.2) is 5.82 Å². The minimum Gasteiger partial charge on any atom is -0.480 e. The molecular weight excluding hydrogens is 498 g/mol. The fourth-order valence-corrected chi connectivity index (χ4v) is 4.77. The summed E-state index contributed by atoms with van der Waals surface area (Å²) in [6.45, 7) is 2.42. The molecule has 1 saturated heterocycles. The SMILES string of the molecule is CCC(=O)n1nnnc1-c1ccccc1-c1ccc(CN(C(=O)c2cccnc2)N2CCCC2C(=O)O)cc1. The molecule has 1 amide bonds. The first-order valence-electron chi connectivity index (χ1n) is 12.7. The Labute approximate surface area is 224 Å². The van der Waals surface area contributed by atoms with Crippen LogP contribution in [-0.4, -0.2) is 70.7 Å². The molecule has 198 valence electrons. The van der Waals surface area contributed by atoms with E-state index >= 15 is 0 Å². The number of nitrogens with zero attached hydrogens (tertiary/aromatic N) is 7. The number of pyridine rings is 1. The van der Waals surface area contributed by atoms with Crippen LogP contribution in [0.15, 0.2) is 73.1 Å². The molecule has 0 bridgehead atoms. The Kier molecular flexibility index (Phi) is 7.50. The number of amides is 1. The van der Waals surface area contributed by atoms with Crippen molar-refractivity contribution in [3.63, 3.8) is 0 Å². The van der Waals surface area contributed by atoms with E-state index in [1.807, 2.05) is 48.5 Å². The van der Waals surface area contributed by atoms with Crippen LogP contribution in [0.25, 0.3) is 22.5 Å². The predicted molar refractivity (Wildman–Crippen MR) is 141 cm³/mol. The minimum absolute atomic E-state index is 0.197. The quantitative estimate of drug-likeness (QED) is 0.343. The Bertz CT molecular complexity index is 1490. The number of rotatable bonds is 8. The molecule has 39 heavy (non-hydrogen) atoms. The molecule has 1 fully saturated rings. The second kappa shape index (κ2) is 11.3. The number of aliphatic carboxylic acids is 1. The summed E-state index contributed by atoms with van der Waals surface area (Å²) in [6.07, 6.45) is 4.50. The van der Waals surface area contributed by atoms with Crippen LogP contribution in [0.4, 0.5) is 0 Å². The second-order valence-corrected chi connectivity index (χ2v) is 9.17. The van der Waals surface area contributed by atoms with E-state index in [2.05, 4.69) is 20.5 Å². The van der Waals surface area contributed by atoms with Crippen LogP contribution < -0.4 is 0 Å². The third-order valence-electron chi connectivity index (χ3n) is 6.74. The van der Waals surface area contributed by atoms with Crippen LogP contribution in [0.2, 0.25) is 0 Å². The van der Waals surface area contributed by atoms with Crippen LogP contribution in [0.3, 0.4) is 0 Å². The fourth-order valence-electron chi connectivity index (χ4n) is 4.77. The lowest BCUT2D eigenvalue weighted by atomic mass is 9.98. The van der Waals surface area contributed by atoms with Gasteiger partial charge in [0.1, 0.15) is 6.04 Å². The molecule has 2 aromatic heterocycles. The van der Waals surface area contributed by atoms with E-state index in [1.165, 1.54) is 15.9 Å². The zero-order chi connectivity index (χ0) is 27.4. The van der Waals surface area contributed by atoms with Crippen molar-refractivity contribution in [2.75, 3.05) is 6.54 Å². The average Bonchev–Trinajstić information content (AvgIpc) is 3.67. The molecule has 0 aliphatic carbocycles. The molecular formula is C28H27N7O4. The molecule has 4 aromatic rings. The van der Waals surface area contributed by atoms with Crippen molar-refractivity contribution in [1.82, 2.24) is 35.2 Å². The van der Waals surface area contributed by atoms with E-state index in [4.69, 9.17) is 0 Å². The van der Waals surface area contributed by atoms with Gasteiger partial charge in [-0.05, 0) is 52.1 Å². The lowest BCUT2D eigenvalue weighted by Gasteiger charge is -2.34. The lowest BCUT2D eigenvalue weighted by molar-refractivity contribution is -0.147. The highest BCUT2D eigenvalue weighted by atomic mass is 16.4. The highest BCUT2D eigenvalue weighted by Crippen LogP contribution is 2.31. The highest BCUT2D eigenvalue weighted by molar-refractivity contribution is 5.94. The van der Waals surface area contributed by atoms with E-state index in [9.17, 15) is 19.5 Å². The summed E-state index contributed by atoms with van der Waals surface area (Å²) in [7, 11) is 0. The average molecular weight is 526 g/mol. The largest absolute Gasteiger partial charge is 0.480 e. The molecule has 3 heterocycles. The van der Waals surface area contributed by atoms with Gasteiger partial charge >= 0.3 is 5.97 Å². The molecule has 0 saturated carbocycles. The number of carbonyl (C=O) groups is 3. The summed E-state index contributed by atoms with van der Waals surface area (Å²) in [5.74, 6) is -1.10. The monoisotopic (exact) mass is 525 g/mol. The van der Waals surface area contributed by atoms with Gasteiger partial charge in [-0.2, -0.15) is 4.68 Å². The zero-order valence-corrected chi connectivity index (χ0v) is 21.3. The van der Waals surface area contributed by atoms with Crippen LogP contribution >= 0.6 is 0 Å². The van der Waals surface area contributed by atoms with Gasteiger partial charge in [0.25, 0.3) is 5.91 Å². The fraction of sp³-hybridized carbons (Fsp3) is 0.250. The normalized spacial score (nSPS) is 15.3. The van der Waals surface area contributed by atoms with E-state index < -0.39 is 12.0 Å². The summed E-state index contributed by atoms with van der Waals surface area (Å²) in [6, 6.07) is 17.8. The van der Waals surface area contributed by atoms with E-state index in [0.29, 0.717) is 36.3 Å². The minimum atomic E-state index is -0.952. The number of hydrogen-bond donors (Lipinski definition) is 1. The maximum atomic E-state index is 13.5. The van der Waals surface area contributed by atoms with Crippen molar-refractivity contribution < 1.29 is 19.5 Å². The number of carboxylic acid groups (broad SMARTS) is 1. The number of carboxylic acids is 1. The van der Waals surface area contributed by atoms with Crippen LogP contribution in [0.1, 0.15) is 46.9 Å². The Morgan fingerprint density at radius 1 is 1.03 bits per heavy atom. The van der Waals surface area contributed by atoms with Gasteiger partial charge in [-0.1, -0.05) is 55.5 Å². The molecule has 1 aliphatic rings. The first-order chi connectivity index (χ1) is 19.0. The van der Waals surface area contributed by atoms with Crippen molar-refractivity contribution in [2.45, 2.75) is 38.8 Å². The topological polar surface area (TPSA) is 134 Å². The molecule has 0 spiro atoms. The Balaban J connectivity index is 1.45. The van der Waals surface area contributed by atoms with Gasteiger partial charge in [-0.3, -0.25) is 24.4 Å². The maximum Gasteiger partial charge on any atom is 0.322 e. The van der Waals surface area contributed by atoms with Gasteiger partial charge in [0, 0.05) is 30.9 Å². The Morgan fingerprint density at radius 3 is 2.49 bits per heavy atom. The standard InChI is InChI=1S/C28H27N7O4/c1-2-25(36)35-26(30-31-32-35)23-9-4-3-8-22(23)20-13-11-19(12-14-20)18-34(27(37)21-7-5-15-29-17-21)33-16-6-10-24(33)28(38)39/h3-5,7-9,11-15,17,24H,2,6,10,16,18H2,1H3,(H,38,39). The van der Waals surface area contributed by atoms with Crippen LogP contribution in [0, 0.1) is 0 Å². The van der Waals surface area contributed by atoms with Crippen LogP contribution in [-0.2, 0) is 11.3 Å². The maximum absolute atomic E-state index is 13.5. The predicted octanol–water partition coefficient (Wildman–Crippen LogP) is 3.56. The summed E-state index contributed by atoms with van der Waals surface area (Å²) >= 11 is 0. The number of carbonyl (C=O) groups excluding carboxylic acids is 2. The molecule has 11 nitrogen and oxygen atoms in total. The van der Waals surface area contributed by atoms with Crippen molar-refractivity contribution in [3.05, 3.63) is 84.2 Å². The molecule has 1 aliphatic heterocycles. The van der Waals surface area contributed by atoms with Gasteiger partial charge in [0.2, 0.25) is 5.91 Å². The number of aromatic nitrogens is 5. The van der Waals surface area contributed by atoms with Crippen LogP contribution in [0.5, 0.6) is 0 Å². The Hall–Kier alpha value is -4.77. The van der Waals surface area contributed by atoms with E-state index in [1.54, 1.807) is 30.3 Å². The number of hydrazine groups is 1. The molecule has 2 aromatic carbocycles. The van der Waals surface area contributed by atoms with Gasteiger partial charge in [-0.25, -0.2) is 5.01 Å². The van der Waals surface area contributed by atoms with Gasteiger partial charge in [-0.15, -0.1) is 5.10 Å². The van der Waals surface area contributed by atoms with Crippen molar-refractivity contribution in [3.8, 4) is 22.5 Å². The van der Waals surface area contributed by atoms with Crippen molar-refractivity contribution >= 4 is 17.8 Å². The molecule has 11 heteroatoms. The molecule has 1 atom stereocenters. The zero-order valence-electron chi connectivity index (χ0n) is 21.3.